The Bertz CT molecular complexity index is 823. The fourth-order valence-corrected chi connectivity index (χ4v) is 3.07. The third kappa shape index (κ3) is 4.61. The SMILES string of the molecule is CCNC(=O)C(C)Nc1nc(CCc2ccccc2)nc2c1CCNC2=O. The Morgan fingerprint density at radius 2 is 2.00 bits per heavy atom. The lowest BCUT2D eigenvalue weighted by molar-refractivity contribution is -0.121. The Kier molecular flexibility index (Phi) is 6.01. The number of nitrogens with zero attached hydrogens (tertiary/aromatic N) is 2. The molecule has 7 nitrogen and oxygen atoms in total. The fraction of sp³-hybridized carbons (Fsp3) is 0.400. The van der Waals surface area contributed by atoms with Crippen molar-refractivity contribution in [3.63, 3.8) is 0 Å². The summed E-state index contributed by atoms with van der Waals surface area (Å²) in [5.41, 5.74) is 2.37. The third-order valence-electron chi connectivity index (χ3n) is 4.51. The van der Waals surface area contributed by atoms with Crippen molar-refractivity contribution in [3.8, 4) is 0 Å². The highest BCUT2D eigenvalue weighted by molar-refractivity contribution is 5.96. The first-order valence-corrected chi connectivity index (χ1v) is 9.34. The molecule has 0 spiro atoms. The molecule has 2 amide bonds. The van der Waals surface area contributed by atoms with Crippen molar-refractivity contribution in [1.29, 1.82) is 0 Å². The quantitative estimate of drug-likeness (QED) is 0.689. The summed E-state index contributed by atoms with van der Waals surface area (Å²) in [7, 11) is 0. The normalized spacial score (nSPS) is 14.1. The second-order valence-corrected chi connectivity index (χ2v) is 6.57. The number of aryl methyl sites for hydroxylation is 2. The van der Waals surface area contributed by atoms with Crippen LogP contribution in [-0.4, -0.2) is 40.9 Å². The van der Waals surface area contributed by atoms with E-state index < -0.39 is 6.04 Å². The Labute approximate surface area is 159 Å². The topological polar surface area (TPSA) is 96.0 Å². The predicted molar refractivity (Wildman–Crippen MR) is 104 cm³/mol. The minimum Gasteiger partial charge on any atom is -0.358 e. The number of fused-ring (bicyclic) bond motifs is 1. The first kappa shape index (κ1) is 18.8. The lowest BCUT2D eigenvalue weighted by Crippen LogP contribution is -2.39. The minimum absolute atomic E-state index is 0.101. The number of amides is 2. The molecule has 1 unspecified atom stereocenters. The summed E-state index contributed by atoms with van der Waals surface area (Å²) in [6, 6.07) is 9.64. The molecule has 1 aliphatic rings. The van der Waals surface area contributed by atoms with Crippen molar-refractivity contribution >= 4 is 17.6 Å². The molecule has 1 aromatic carbocycles. The van der Waals surface area contributed by atoms with E-state index in [1.54, 1.807) is 6.92 Å². The van der Waals surface area contributed by atoms with Gasteiger partial charge < -0.3 is 16.0 Å². The number of hydrogen-bond donors (Lipinski definition) is 3. The lowest BCUT2D eigenvalue weighted by Gasteiger charge is -2.22. The van der Waals surface area contributed by atoms with Crippen LogP contribution in [0.3, 0.4) is 0 Å². The molecule has 0 saturated heterocycles. The minimum atomic E-state index is -0.448. The maximum absolute atomic E-state index is 12.3. The maximum Gasteiger partial charge on any atom is 0.270 e. The van der Waals surface area contributed by atoms with Gasteiger partial charge in [-0.15, -0.1) is 0 Å². The standard InChI is InChI=1S/C20H25N5O2/c1-3-21-19(26)13(2)23-18-15-11-12-22-20(27)17(15)24-16(25-18)10-9-14-7-5-4-6-8-14/h4-8,13H,3,9-12H2,1-2H3,(H,21,26)(H,22,27)(H,23,24,25). The zero-order valence-electron chi connectivity index (χ0n) is 15.7. The summed E-state index contributed by atoms with van der Waals surface area (Å²) >= 11 is 0. The van der Waals surface area contributed by atoms with Gasteiger partial charge in [-0.25, -0.2) is 9.97 Å². The zero-order valence-corrected chi connectivity index (χ0v) is 15.7. The molecule has 0 fully saturated rings. The number of hydrogen-bond acceptors (Lipinski definition) is 5. The maximum atomic E-state index is 12.3. The second kappa shape index (κ2) is 8.62. The first-order valence-electron chi connectivity index (χ1n) is 9.34. The fourth-order valence-electron chi connectivity index (χ4n) is 3.07. The van der Waals surface area contributed by atoms with Gasteiger partial charge in [0.1, 0.15) is 23.4 Å². The highest BCUT2D eigenvalue weighted by Gasteiger charge is 2.25. The van der Waals surface area contributed by atoms with Gasteiger partial charge in [0, 0.05) is 25.1 Å². The van der Waals surface area contributed by atoms with Crippen molar-refractivity contribution < 1.29 is 9.59 Å². The average molecular weight is 367 g/mol. The summed E-state index contributed by atoms with van der Waals surface area (Å²) in [6.45, 7) is 4.77. The summed E-state index contributed by atoms with van der Waals surface area (Å²) in [6.07, 6.45) is 2.05. The lowest BCUT2D eigenvalue weighted by atomic mass is 10.0. The number of carbonyl (C=O) groups is 2. The number of carbonyl (C=O) groups excluding carboxylic acids is 2. The van der Waals surface area contributed by atoms with Crippen LogP contribution >= 0.6 is 0 Å². The number of rotatable bonds is 7. The van der Waals surface area contributed by atoms with E-state index in [4.69, 9.17) is 0 Å². The first-order chi connectivity index (χ1) is 13.1. The smallest absolute Gasteiger partial charge is 0.270 e. The molecule has 0 bridgehead atoms. The van der Waals surface area contributed by atoms with Crippen LogP contribution in [0.15, 0.2) is 30.3 Å². The van der Waals surface area contributed by atoms with Gasteiger partial charge in [0.2, 0.25) is 5.91 Å². The van der Waals surface area contributed by atoms with E-state index in [-0.39, 0.29) is 11.8 Å². The number of nitrogens with one attached hydrogen (secondary N) is 3. The van der Waals surface area contributed by atoms with Crippen LogP contribution in [0.4, 0.5) is 5.82 Å². The Balaban J connectivity index is 1.85. The molecule has 0 aliphatic carbocycles. The van der Waals surface area contributed by atoms with Crippen molar-refractivity contribution in [2.24, 2.45) is 0 Å². The molecule has 2 aromatic rings. The van der Waals surface area contributed by atoms with Gasteiger partial charge in [-0.3, -0.25) is 9.59 Å². The van der Waals surface area contributed by atoms with Crippen LogP contribution in [0.1, 0.15) is 41.3 Å². The van der Waals surface area contributed by atoms with Crippen molar-refractivity contribution in [1.82, 2.24) is 20.6 Å². The van der Waals surface area contributed by atoms with Crippen LogP contribution in [0, 0.1) is 0 Å². The molecular formula is C20H25N5O2. The number of anilines is 1. The van der Waals surface area contributed by atoms with Gasteiger partial charge in [-0.2, -0.15) is 0 Å². The van der Waals surface area contributed by atoms with Gasteiger partial charge in [-0.05, 0) is 32.3 Å². The molecule has 3 rings (SSSR count). The van der Waals surface area contributed by atoms with Gasteiger partial charge >= 0.3 is 0 Å². The van der Waals surface area contributed by atoms with E-state index in [2.05, 4.69) is 38.1 Å². The Morgan fingerprint density at radius 1 is 1.22 bits per heavy atom. The van der Waals surface area contributed by atoms with Gasteiger partial charge in [0.25, 0.3) is 5.91 Å². The molecule has 142 valence electrons. The highest BCUT2D eigenvalue weighted by atomic mass is 16.2. The van der Waals surface area contributed by atoms with Gasteiger partial charge in [0.05, 0.1) is 0 Å². The van der Waals surface area contributed by atoms with Gasteiger partial charge in [0.15, 0.2) is 0 Å². The van der Waals surface area contributed by atoms with Crippen molar-refractivity contribution in [2.45, 2.75) is 39.2 Å². The highest BCUT2D eigenvalue weighted by Crippen LogP contribution is 2.21. The molecular weight excluding hydrogens is 342 g/mol. The van der Waals surface area contributed by atoms with E-state index in [1.807, 2.05) is 25.1 Å². The van der Waals surface area contributed by atoms with E-state index in [9.17, 15) is 9.59 Å². The van der Waals surface area contributed by atoms with E-state index in [1.165, 1.54) is 5.56 Å². The molecule has 0 radical (unpaired) electrons. The average Bonchev–Trinajstić information content (AvgIpc) is 2.68. The molecule has 7 heteroatoms. The van der Waals surface area contributed by atoms with Crippen LogP contribution in [0.25, 0.3) is 0 Å². The van der Waals surface area contributed by atoms with Crippen LogP contribution in [0.2, 0.25) is 0 Å². The third-order valence-corrected chi connectivity index (χ3v) is 4.51. The second-order valence-electron chi connectivity index (χ2n) is 6.57. The van der Waals surface area contributed by atoms with Crippen LogP contribution in [-0.2, 0) is 24.1 Å². The van der Waals surface area contributed by atoms with Crippen LogP contribution < -0.4 is 16.0 Å². The summed E-state index contributed by atoms with van der Waals surface area (Å²) in [5, 5.41) is 8.79. The number of aromatic nitrogens is 2. The van der Waals surface area contributed by atoms with E-state index >= 15 is 0 Å². The molecule has 1 aromatic heterocycles. The Morgan fingerprint density at radius 3 is 2.74 bits per heavy atom. The predicted octanol–water partition coefficient (Wildman–Crippen LogP) is 1.48. The van der Waals surface area contributed by atoms with Gasteiger partial charge in [-0.1, -0.05) is 30.3 Å². The summed E-state index contributed by atoms with van der Waals surface area (Å²) in [4.78, 5) is 33.5. The van der Waals surface area contributed by atoms with Crippen molar-refractivity contribution in [3.05, 3.63) is 53.0 Å². The molecule has 3 N–H and O–H groups in total. The number of benzene rings is 1. The van der Waals surface area contributed by atoms with E-state index in [0.29, 0.717) is 43.3 Å². The Hall–Kier alpha value is -2.96. The molecule has 1 aliphatic heterocycles. The monoisotopic (exact) mass is 367 g/mol. The zero-order chi connectivity index (χ0) is 19.2. The van der Waals surface area contributed by atoms with Crippen molar-refractivity contribution in [2.75, 3.05) is 18.4 Å². The molecule has 1 atom stereocenters. The van der Waals surface area contributed by atoms with E-state index in [0.717, 1.165) is 12.0 Å². The summed E-state index contributed by atoms with van der Waals surface area (Å²) in [5.74, 6) is 0.890. The van der Waals surface area contributed by atoms with Crippen LogP contribution in [0.5, 0.6) is 0 Å². The number of likely N-dealkylation sites (N-methyl/N-ethyl adjacent to an activating group) is 1. The molecule has 0 saturated carbocycles. The molecule has 27 heavy (non-hydrogen) atoms. The molecule has 2 heterocycles. The largest absolute Gasteiger partial charge is 0.358 e. The summed E-state index contributed by atoms with van der Waals surface area (Å²) < 4.78 is 0.